The molecule has 0 amide bonds. The third-order valence-electron chi connectivity index (χ3n) is 4.48. The zero-order chi connectivity index (χ0) is 14.7. The average Bonchev–Trinajstić information content (AvgIpc) is 3.20. The van der Waals surface area contributed by atoms with Crippen LogP contribution in [0.15, 0.2) is 41.4 Å². The molecule has 0 aromatic carbocycles. The van der Waals surface area contributed by atoms with Gasteiger partial charge >= 0.3 is 0 Å². The molecule has 112 valence electrons. The Labute approximate surface area is 130 Å². The molecule has 1 aliphatic heterocycles. The van der Waals surface area contributed by atoms with Gasteiger partial charge in [-0.3, -0.25) is 9.88 Å². The number of likely N-dealkylation sites (tertiary alicyclic amines) is 1. The minimum Gasteiger partial charge on any atom is -0.326 e. The monoisotopic (exact) mass is 301 g/mol. The first kappa shape index (κ1) is 14.7. The molecular weight excluding hydrogens is 278 g/mol. The maximum atomic E-state index is 6.48. The Bertz CT molecular complexity index is 540. The Hall–Kier alpha value is -1.23. The number of nitrogens with zero attached hydrogens (tertiary/aromatic N) is 2. The van der Waals surface area contributed by atoms with Crippen molar-refractivity contribution in [3.05, 3.63) is 52.5 Å². The topological polar surface area (TPSA) is 42.1 Å². The van der Waals surface area contributed by atoms with Gasteiger partial charge in [0.25, 0.3) is 0 Å². The average molecular weight is 301 g/mol. The molecule has 2 aromatic rings. The Kier molecular flexibility index (Phi) is 4.68. The number of rotatable bonds is 5. The standard InChI is InChI=1S/C17H23N3S/c1-2-15(18)17(14-7-10-21-12-14)20-9-4-6-16(20)13-5-3-8-19-11-13/h3,5,7-8,10-12,15-17H,2,4,6,9,18H2,1H3. The summed E-state index contributed by atoms with van der Waals surface area (Å²) in [4.78, 5) is 6.89. The van der Waals surface area contributed by atoms with E-state index in [1.165, 1.54) is 24.0 Å². The fourth-order valence-electron chi connectivity index (χ4n) is 3.40. The largest absolute Gasteiger partial charge is 0.326 e. The van der Waals surface area contributed by atoms with Crippen LogP contribution in [0.4, 0.5) is 0 Å². The van der Waals surface area contributed by atoms with Crippen molar-refractivity contribution in [3.8, 4) is 0 Å². The molecule has 2 aromatic heterocycles. The molecule has 0 radical (unpaired) electrons. The molecule has 1 fully saturated rings. The second kappa shape index (κ2) is 6.69. The number of hydrogen-bond acceptors (Lipinski definition) is 4. The zero-order valence-corrected chi connectivity index (χ0v) is 13.3. The number of nitrogens with two attached hydrogens (primary N) is 1. The Morgan fingerprint density at radius 1 is 1.48 bits per heavy atom. The van der Waals surface area contributed by atoms with Gasteiger partial charge in [0.15, 0.2) is 0 Å². The van der Waals surface area contributed by atoms with E-state index in [1.54, 1.807) is 11.3 Å². The van der Waals surface area contributed by atoms with Gasteiger partial charge in [-0.25, -0.2) is 0 Å². The molecule has 3 atom stereocenters. The van der Waals surface area contributed by atoms with Crippen molar-refractivity contribution < 1.29 is 0 Å². The Morgan fingerprint density at radius 3 is 3.05 bits per heavy atom. The molecule has 0 spiro atoms. The van der Waals surface area contributed by atoms with Gasteiger partial charge in [0.1, 0.15) is 0 Å². The van der Waals surface area contributed by atoms with E-state index in [-0.39, 0.29) is 6.04 Å². The number of hydrogen-bond donors (Lipinski definition) is 1. The van der Waals surface area contributed by atoms with Gasteiger partial charge in [-0.1, -0.05) is 13.0 Å². The molecule has 3 nitrogen and oxygen atoms in total. The lowest BCUT2D eigenvalue weighted by Gasteiger charge is -2.36. The highest BCUT2D eigenvalue weighted by atomic mass is 32.1. The van der Waals surface area contributed by atoms with Crippen LogP contribution < -0.4 is 5.73 Å². The summed E-state index contributed by atoms with van der Waals surface area (Å²) in [5.74, 6) is 0. The molecule has 0 aliphatic carbocycles. The van der Waals surface area contributed by atoms with Gasteiger partial charge in [0.05, 0.1) is 6.04 Å². The SMILES string of the molecule is CCC(N)C(c1ccsc1)N1CCCC1c1cccnc1. The molecule has 21 heavy (non-hydrogen) atoms. The van der Waals surface area contributed by atoms with Gasteiger partial charge in [0.2, 0.25) is 0 Å². The fraction of sp³-hybridized carbons (Fsp3) is 0.471. The van der Waals surface area contributed by atoms with Crippen molar-refractivity contribution in [2.75, 3.05) is 6.54 Å². The van der Waals surface area contributed by atoms with Crippen LogP contribution in [0.1, 0.15) is 49.4 Å². The van der Waals surface area contributed by atoms with E-state index >= 15 is 0 Å². The smallest absolute Gasteiger partial charge is 0.0513 e. The van der Waals surface area contributed by atoms with Crippen LogP contribution in [0.5, 0.6) is 0 Å². The lowest BCUT2D eigenvalue weighted by atomic mass is 9.96. The molecule has 3 heterocycles. The van der Waals surface area contributed by atoms with Crippen LogP contribution in [-0.4, -0.2) is 22.5 Å². The van der Waals surface area contributed by atoms with Crippen LogP contribution in [0, 0.1) is 0 Å². The molecule has 2 N–H and O–H groups in total. The second-order valence-corrected chi connectivity index (χ2v) is 6.54. The minimum atomic E-state index is 0.178. The summed E-state index contributed by atoms with van der Waals surface area (Å²) < 4.78 is 0. The van der Waals surface area contributed by atoms with Gasteiger partial charge in [-0.05, 0) is 59.8 Å². The van der Waals surface area contributed by atoms with Gasteiger partial charge in [-0.15, -0.1) is 0 Å². The van der Waals surface area contributed by atoms with Crippen molar-refractivity contribution in [2.45, 2.75) is 44.3 Å². The third-order valence-corrected chi connectivity index (χ3v) is 5.18. The lowest BCUT2D eigenvalue weighted by molar-refractivity contribution is 0.154. The molecule has 3 rings (SSSR count). The van der Waals surface area contributed by atoms with E-state index in [9.17, 15) is 0 Å². The van der Waals surface area contributed by atoms with Crippen LogP contribution in [-0.2, 0) is 0 Å². The first-order valence-electron chi connectivity index (χ1n) is 7.74. The molecule has 0 bridgehead atoms. The van der Waals surface area contributed by atoms with E-state index in [1.807, 2.05) is 18.5 Å². The molecule has 0 saturated carbocycles. The normalized spacial score (nSPS) is 22.3. The summed E-state index contributed by atoms with van der Waals surface area (Å²) in [5, 5.41) is 4.40. The highest BCUT2D eigenvalue weighted by Gasteiger charge is 2.35. The highest BCUT2D eigenvalue weighted by Crippen LogP contribution is 2.40. The van der Waals surface area contributed by atoms with Crippen LogP contribution >= 0.6 is 11.3 Å². The maximum Gasteiger partial charge on any atom is 0.0513 e. The molecule has 1 saturated heterocycles. The van der Waals surface area contributed by atoms with E-state index < -0.39 is 0 Å². The quantitative estimate of drug-likeness (QED) is 0.914. The number of aromatic nitrogens is 1. The molecule has 1 aliphatic rings. The summed E-state index contributed by atoms with van der Waals surface area (Å²) >= 11 is 1.76. The highest BCUT2D eigenvalue weighted by molar-refractivity contribution is 7.07. The van der Waals surface area contributed by atoms with Crippen molar-refractivity contribution in [2.24, 2.45) is 5.73 Å². The van der Waals surface area contributed by atoms with Crippen molar-refractivity contribution in [3.63, 3.8) is 0 Å². The summed E-state index contributed by atoms with van der Waals surface area (Å²) in [6.07, 6.45) is 7.28. The molecule has 3 unspecified atom stereocenters. The van der Waals surface area contributed by atoms with Gasteiger partial charge in [-0.2, -0.15) is 11.3 Å². The summed E-state index contributed by atoms with van der Waals surface area (Å²) in [7, 11) is 0. The van der Waals surface area contributed by atoms with Crippen molar-refractivity contribution in [1.82, 2.24) is 9.88 Å². The Morgan fingerprint density at radius 2 is 2.38 bits per heavy atom. The van der Waals surface area contributed by atoms with Crippen LogP contribution in [0.3, 0.4) is 0 Å². The minimum absolute atomic E-state index is 0.178. The van der Waals surface area contributed by atoms with Crippen LogP contribution in [0.2, 0.25) is 0 Å². The predicted octanol–water partition coefficient (Wildman–Crippen LogP) is 3.76. The summed E-state index contributed by atoms with van der Waals surface area (Å²) in [6, 6.07) is 7.39. The zero-order valence-electron chi connectivity index (χ0n) is 12.5. The van der Waals surface area contributed by atoms with Gasteiger partial charge in [0, 0.05) is 24.5 Å². The third kappa shape index (κ3) is 3.03. The first-order chi connectivity index (χ1) is 10.3. The first-order valence-corrected chi connectivity index (χ1v) is 8.69. The molecular formula is C17H23N3S. The van der Waals surface area contributed by atoms with Gasteiger partial charge < -0.3 is 5.73 Å². The van der Waals surface area contributed by atoms with Crippen LogP contribution in [0.25, 0.3) is 0 Å². The number of thiophene rings is 1. The van der Waals surface area contributed by atoms with Crippen molar-refractivity contribution >= 4 is 11.3 Å². The maximum absolute atomic E-state index is 6.48. The van der Waals surface area contributed by atoms with E-state index in [2.05, 4.69) is 39.7 Å². The second-order valence-electron chi connectivity index (χ2n) is 5.76. The predicted molar refractivity (Wildman–Crippen MR) is 88.2 cm³/mol. The van der Waals surface area contributed by atoms with E-state index in [0.29, 0.717) is 12.1 Å². The fourth-order valence-corrected chi connectivity index (χ4v) is 4.09. The van der Waals surface area contributed by atoms with E-state index in [0.717, 1.165) is 13.0 Å². The van der Waals surface area contributed by atoms with E-state index in [4.69, 9.17) is 5.73 Å². The molecule has 4 heteroatoms. The summed E-state index contributed by atoms with van der Waals surface area (Å²) in [6.45, 7) is 3.30. The summed E-state index contributed by atoms with van der Waals surface area (Å²) in [5.41, 5.74) is 9.16. The Balaban J connectivity index is 1.91. The number of pyridine rings is 1. The lowest BCUT2D eigenvalue weighted by Crippen LogP contribution is -2.40. The van der Waals surface area contributed by atoms with Crippen molar-refractivity contribution in [1.29, 1.82) is 0 Å².